The Hall–Kier alpha value is -1.42. The van der Waals surface area contributed by atoms with Gasteiger partial charge >= 0.3 is 0 Å². The van der Waals surface area contributed by atoms with Crippen LogP contribution < -0.4 is 15.2 Å². The van der Waals surface area contributed by atoms with Crippen LogP contribution in [0.1, 0.15) is 5.56 Å². The number of phenolic OH excluding ortho intramolecular Hbond substituents is 1. The van der Waals surface area contributed by atoms with E-state index in [1.165, 1.54) is 0 Å². The molecule has 0 bridgehead atoms. The first-order valence-electron chi connectivity index (χ1n) is 4.63. The van der Waals surface area contributed by atoms with Crippen LogP contribution in [0.2, 0.25) is 0 Å². The molecule has 0 aliphatic carbocycles. The number of hydrogen-bond acceptors (Lipinski definition) is 4. The topological polar surface area (TPSA) is 64.7 Å². The predicted octanol–water partition coefficient (Wildman–Crippen LogP) is 0.665. The van der Waals surface area contributed by atoms with E-state index in [1.54, 1.807) is 12.1 Å². The van der Waals surface area contributed by atoms with Crippen LogP contribution in [0.5, 0.6) is 17.2 Å². The number of ether oxygens (including phenoxy) is 2. The highest BCUT2D eigenvalue weighted by Crippen LogP contribution is 2.36. The van der Waals surface area contributed by atoms with E-state index in [4.69, 9.17) is 15.2 Å². The molecule has 4 nitrogen and oxygen atoms in total. The molecule has 0 amide bonds. The zero-order chi connectivity index (χ0) is 9.97. The smallest absolute Gasteiger partial charge is 0.165 e. The molecule has 0 saturated carbocycles. The average Bonchev–Trinajstić information content (AvgIpc) is 2.19. The van der Waals surface area contributed by atoms with Crippen molar-refractivity contribution >= 4 is 0 Å². The maximum atomic E-state index is 9.61. The maximum absolute atomic E-state index is 9.61. The van der Waals surface area contributed by atoms with Gasteiger partial charge in [-0.1, -0.05) is 0 Å². The van der Waals surface area contributed by atoms with Gasteiger partial charge in [-0.15, -0.1) is 0 Å². The number of benzene rings is 1. The number of nitrogens with two attached hydrogens (primary N) is 1. The molecule has 0 atom stereocenters. The number of fused-ring (bicyclic) bond motifs is 1. The summed E-state index contributed by atoms with van der Waals surface area (Å²) in [5.74, 6) is 1.52. The van der Waals surface area contributed by atoms with Gasteiger partial charge in [0, 0.05) is 6.07 Å². The first-order chi connectivity index (χ1) is 6.81. The van der Waals surface area contributed by atoms with Gasteiger partial charge < -0.3 is 20.3 Å². The van der Waals surface area contributed by atoms with Crippen molar-refractivity contribution in [2.24, 2.45) is 5.73 Å². The fraction of sp³-hybridized carbons (Fsp3) is 0.400. The minimum absolute atomic E-state index is 0.222. The second-order valence-electron chi connectivity index (χ2n) is 3.16. The van der Waals surface area contributed by atoms with E-state index in [0.717, 1.165) is 5.56 Å². The Bertz CT molecular complexity index is 338. The Morgan fingerprint density at radius 3 is 2.50 bits per heavy atom. The Morgan fingerprint density at radius 1 is 1.21 bits per heavy atom. The molecular weight excluding hydrogens is 182 g/mol. The van der Waals surface area contributed by atoms with Crippen LogP contribution in [0.15, 0.2) is 12.1 Å². The van der Waals surface area contributed by atoms with E-state index < -0.39 is 0 Å². The molecule has 0 aromatic heterocycles. The van der Waals surface area contributed by atoms with E-state index in [0.29, 0.717) is 37.7 Å². The summed E-state index contributed by atoms with van der Waals surface area (Å²) in [7, 11) is 0. The summed E-state index contributed by atoms with van der Waals surface area (Å²) in [4.78, 5) is 0. The minimum atomic E-state index is 0.222. The van der Waals surface area contributed by atoms with E-state index in [1.807, 2.05) is 0 Å². The minimum Gasteiger partial charge on any atom is -0.508 e. The Balaban J connectivity index is 2.35. The van der Waals surface area contributed by atoms with Gasteiger partial charge in [0.05, 0.1) is 0 Å². The van der Waals surface area contributed by atoms with Gasteiger partial charge in [0.25, 0.3) is 0 Å². The molecular formula is C10H13NO3. The maximum Gasteiger partial charge on any atom is 0.165 e. The first kappa shape index (κ1) is 9.15. The van der Waals surface area contributed by atoms with Crippen molar-refractivity contribution in [2.45, 2.75) is 6.42 Å². The highest BCUT2D eigenvalue weighted by molar-refractivity contribution is 5.50. The lowest BCUT2D eigenvalue weighted by Gasteiger charge is -2.19. The molecule has 1 aliphatic rings. The predicted molar refractivity (Wildman–Crippen MR) is 51.9 cm³/mol. The summed E-state index contributed by atoms with van der Waals surface area (Å²) < 4.78 is 10.7. The largest absolute Gasteiger partial charge is 0.508 e. The molecule has 76 valence electrons. The average molecular weight is 195 g/mol. The molecule has 0 fully saturated rings. The van der Waals surface area contributed by atoms with Crippen molar-refractivity contribution in [2.75, 3.05) is 19.8 Å². The lowest BCUT2D eigenvalue weighted by atomic mass is 10.1. The monoisotopic (exact) mass is 195 g/mol. The van der Waals surface area contributed by atoms with Crippen LogP contribution in [-0.2, 0) is 6.42 Å². The van der Waals surface area contributed by atoms with Gasteiger partial charge in [-0.05, 0) is 24.6 Å². The third kappa shape index (κ3) is 1.61. The van der Waals surface area contributed by atoms with Gasteiger partial charge in [0.15, 0.2) is 11.5 Å². The molecule has 4 heteroatoms. The summed E-state index contributed by atoms with van der Waals surface area (Å²) in [6, 6.07) is 3.37. The van der Waals surface area contributed by atoms with Crippen LogP contribution in [0.25, 0.3) is 0 Å². The summed E-state index contributed by atoms with van der Waals surface area (Å²) in [6.45, 7) is 1.59. The van der Waals surface area contributed by atoms with Crippen LogP contribution in [-0.4, -0.2) is 24.9 Å². The standard InChI is InChI=1S/C10H13NO3/c11-2-1-7-5-9-10(6-8(7)12)14-4-3-13-9/h5-6,12H,1-4,11H2. The lowest BCUT2D eigenvalue weighted by Crippen LogP contribution is -2.15. The molecule has 1 heterocycles. The van der Waals surface area contributed by atoms with Crippen molar-refractivity contribution in [3.63, 3.8) is 0 Å². The van der Waals surface area contributed by atoms with Crippen molar-refractivity contribution in [3.05, 3.63) is 17.7 Å². The van der Waals surface area contributed by atoms with Crippen LogP contribution in [0.4, 0.5) is 0 Å². The molecule has 3 N–H and O–H groups in total. The Labute approximate surface area is 82.2 Å². The molecule has 0 radical (unpaired) electrons. The van der Waals surface area contributed by atoms with E-state index in [-0.39, 0.29) is 5.75 Å². The third-order valence-corrected chi connectivity index (χ3v) is 2.16. The van der Waals surface area contributed by atoms with Crippen LogP contribution >= 0.6 is 0 Å². The Kier molecular flexibility index (Phi) is 2.45. The Morgan fingerprint density at radius 2 is 1.86 bits per heavy atom. The third-order valence-electron chi connectivity index (χ3n) is 2.16. The van der Waals surface area contributed by atoms with Crippen molar-refractivity contribution in [1.82, 2.24) is 0 Å². The van der Waals surface area contributed by atoms with Gasteiger partial charge in [-0.2, -0.15) is 0 Å². The molecule has 0 saturated heterocycles. The fourth-order valence-corrected chi connectivity index (χ4v) is 1.48. The fourth-order valence-electron chi connectivity index (χ4n) is 1.48. The number of hydrogen-bond donors (Lipinski definition) is 2. The quantitative estimate of drug-likeness (QED) is 0.727. The summed E-state index contributed by atoms with van der Waals surface area (Å²) >= 11 is 0. The molecule has 1 aromatic carbocycles. The molecule has 1 aromatic rings. The van der Waals surface area contributed by atoms with Crippen LogP contribution in [0.3, 0.4) is 0 Å². The van der Waals surface area contributed by atoms with E-state index in [9.17, 15) is 5.11 Å². The van der Waals surface area contributed by atoms with Gasteiger partial charge in [-0.25, -0.2) is 0 Å². The number of rotatable bonds is 2. The molecule has 1 aliphatic heterocycles. The first-order valence-corrected chi connectivity index (χ1v) is 4.63. The van der Waals surface area contributed by atoms with Crippen molar-refractivity contribution < 1.29 is 14.6 Å². The summed E-state index contributed by atoms with van der Waals surface area (Å²) in [5.41, 5.74) is 6.22. The molecule has 2 rings (SSSR count). The second-order valence-corrected chi connectivity index (χ2v) is 3.16. The van der Waals surface area contributed by atoms with Gasteiger partial charge in [0.1, 0.15) is 19.0 Å². The van der Waals surface area contributed by atoms with E-state index >= 15 is 0 Å². The van der Waals surface area contributed by atoms with Crippen LogP contribution in [0, 0.1) is 0 Å². The highest BCUT2D eigenvalue weighted by Gasteiger charge is 2.14. The second kappa shape index (κ2) is 3.75. The lowest BCUT2D eigenvalue weighted by molar-refractivity contribution is 0.170. The SMILES string of the molecule is NCCc1cc2c(cc1O)OCCO2. The van der Waals surface area contributed by atoms with Gasteiger partial charge in [-0.3, -0.25) is 0 Å². The van der Waals surface area contributed by atoms with Crippen molar-refractivity contribution in [3.8, 4) is 17.2 Å². The zero-order valence-corrected chi connectivity index (χ0v) is 7.82. The summed E-state index contributed by atoms with van der Waals surface area (Å²) in [5, 5.41) is 9.61. The number of phenols is 1. The molecule has 0 unspecified atom stereocenters. The van der Waals surface area contributed by atoms with E-state index in [2.05, 4.69) is 0 Å². The zero-order valence-electron chi connectivity index (χ0n) is 7.82. The summed E-state index contributed by atoms with van der Waals surface area (Å²) in [6.07, 6.45) is 0.641. The van der Waals surface area contributed by atoms with Gasteiger partial charge in [0.2, 0.25) is 0 Å². The molecule has 0 spiro atoms. The highest BCUT2D eigenvalue weighted by atomic mass is 16.6. The number of aromatic hydroxyl groups is 1. The molecule has 14 heavy (non-hydrogen) atoms. The normalized spacial score (nSPS) is 14.1. The van der Waals surface area contributed by atoms with Crippen molar-refractivity contribution in [1.29, 1.82) is 0 Å².